The summed E-state index contributed by atoms with van der Waals surface area (Å²) in [5.74, 6) is 0. The van der Waals surface area contributed by atoms with Crippen molar-refractivity contribution in [3.05, 3.63) is 71.3 Å². The van der Waals surface area contributed by atoms with Crippen LogP contribution in [0.2, 0.25) is 5.02 Å². The molecule has 0 heterocycles. The monoisotopic (exact) mass is 290 g/mol. The lowest BCUT2D eigenvalue weighted by Crippen LogP contribution is -1.87. The van der Waals surface area contributed by atoms with Crippen molar-refractivity contribution in [1.29, 1.82) is 0 Å². The Balaban J connectivity index is 1.96. The van der Waals surface area contributed by atoms with Gasteiger partial charge >= 0.3 is 0 Å². The molecule has 0 aliphatic carbocycles. The molecule has 1 N–H and O–H groups in total. The summed E-state index contributed by atoms with van der Waals surface area (Å²) in [4.78, 5) is 0. The molecule has 2 rings (SSSR count). The van der Waals surface area contributed by atoms with E-state index in [9.17, 15) is 0 Å². The molecule has 19 heavy (non-hydrogen) atoms. The van der Waals surface area contributed by atoms with Crippen molar-refractivity contribution in [2.75, 3.05) is 5.43 Å². The lowest BCUT2D eigenvalue weighted by molar-refractivity contribution is 1.36. The summed E-state index contributed by atoms with van der Waals surface area (Å²) in [6, 6.07) is 17.0. The summed E-state index contributed by atoms with van der Waals surface area (Å²) in [5, 5.41) is 5.36. The number of hydrogen-bond acceptors (Lipinski definition) is 2. The first-order valence-electron chi connectivity index (χ1n) is 5.71. The fraction of sp³-hybridized carbons (Fsp3) is 0. The van der Waals surface area contributed by atoms with Gasteiger partial charge in [0, 0.05) is 16.3 Å². The first-order valence-corrected chi connectivity index (χ1v) is 6.47. The molecule has 0 radical (unpaired) electrons. The molecule has 2 aromatic rings. The highest BCUT2D eigenvalue weighted by Gasteiger charge is 1.96. The molecule has 0 aromatic heterocycles. The standard InChI is InChI=1S/C15H12Cl2N2/c16-13-8-6-12(7-9-13)15(17)10-11-18-19-14-4-2-1-3-5-14/h1-11,19H. The minimum atomic E-state index is 0.607. The summed E-state index contributed by atoms with van der Waals surface area (Å²) in [7, 11) is 0. The second kappa shape index (κ2) is 6.98. The van der Waals surface area contributed by atoms with E-state index in [1.54, 1.807) is 24.4 Å². The number of para-hydroxylation sites is 1. The average molecular weight is 291 g/mol. The van der Waals surface area contributed by atoms with Gasteiger partial charge in [0.05, 0.1) is 5.69 Å². The quantitative estimate of drug-likeness (QED) is 0.621. The SMILES string of the molecule is ClC(=CC=NNc1ccccc1)c1ccc(Cl)cc1. The van der Waals surface area contributed by atoms with Crippen LogP contribution >= 0.6 is 23.2 Å². The summed E-state index contributed by atoms with van der Waals surface area (Å²) in [6.07, 6.45) is 3.34. The van der Waals surface area contributed by atoms with Crippen LogP contribution in [-0.2, 0) is 0 Å². The zero-order valence-electron chi connectivity index (χ0n) is 10.1. The summed E-state index contributed by atoms with van der Waals surface area (Å²) in [6.45, 7) is 0. The van der Waals surface area contributed by atoms with Crippen molar-refractivity contribution < 1.29 is 0 Å². The molecule has 2 nitrogen and oxygen atoms in total. The van der Waals surface area contributed by atoms with Gasteiger partial charge in [0.25, 0.3) is 0 Å². The molecule has 0 spiro atoms. The Morgan fingerprint density at radius 3 is 2.37 bits per heavy atom. The second-order valence-corrected chi connectivity index (χ2v) is 4.62. The molecule has 0 saturated heterocycles. The maximum Gasteiger partial charge on any atom is 0.0561 e. The molecule has 4 heteroatoms. The van der Waals surface area contributed by atoms with E-state index in [0.29, 0.717) is 10.1 Å². The van der Waals surface area contributed by atoms with Crippen molar-refractivity contribution in [1.82, 2.24) is 0 Å². The van der Waals surface area contributed by atoms with Crippen molar-refractivity contribution in [3.8, 4) is 0 Å². The highest BCUT2D eigenvalue weighted by Crippen LogP contribution is 2.20. The van der Waals surface area contributed by atoms with Gasteiger partial charge in [0.2, 0.25) is 0 Å². The third-order valence-corrected chi connectivity index (χ3v) is 2.98. The number of rotatable bonds is 4. The Kier molecular flexibility index (Phi) is 5.01. The van der Waals surface area contributed by atoms with Crippen LogP contribution in [0.4, 0.5) is 5.69 Å². The summed E-state index contributed by atoms with van der Waals surface area (Å²) < 4.78 is 0. The molecule has 96 valence electrons. The maximum absolute atomic E-state index is 6.14. The van der Waals surface area contributed by atoms with E-state index < -0.39 is 0 Å². The minimum Gasteiger partial charge on any atom is -0.279 e. The molecular weight excluding hydrogens is 279 g/mol. The second-order valence-electron chi connectivity index (χ2n) is 3.78. The van der Waals surface area contributed by atoms with Crippen LogP contribution in [0.1, 0.15) is 5.56 Å². The molecule has 0 aliphatic rings. The van der Waals surface area contributed by atoms with Crippen LogP contribution in [0.25, 0.3) is 5.03 Å². The molecule has 0 fully saturated rings. The number of hydrazone groups is 1. The molecule has 2 aromatic carbocycles. The Hall–Kier alpha value is -1.77. The number of allylic oxidation sites excluding steroid dienone is 1. The topological polar surface area (TPSA) is 24.4 Å². The van der Waals surface area contributed by atoms with Crippen LogP contribution in [0.15, 0.2) is 65.8 Å². The zero-order chi connectivity index (χ0) is 13.5. The average Bonchev–Trinajstić information content (AvgIpc) is 2.45. The van der Waals surface area contributed by atoms with E-state index in [-0.39, 0.29) is 0 Å². The highest BCUT2D eigenvalue weighted by molar-refractivity contribution is 6.49. The van der Waals surface area contributed by atoms with Crippen molar-refractivity contribution in [2.24, 2.45) is 5.10 Å². The molecule has 0 atom stereocenters. The van der Waals surface area contributed by atoms with Crippen molar-refractivity contribution >= 4 is 40.1 Å². The summed E-state index contributed by atoms with van der Waals surface area (Å²) >= 11 is 12.0. The number of nitrogens with zero attached hydrogens (tertiary/aromatic N) is 1. The van der Waals surface area contributed by atoms with Crippen LogP contribution < -0.4 is 5.43 Å². The van der Waals surface area contributed by atoms with E-state index >= 15 is 0 Å². The van der Waals surface area contributed by atoms with Gasteiger partial charge in [0.1, 0.15) is 0 Å². The van der Waals surface area contributed by atoms with E-state index in [4.69, 9.17) is 23.2 Å². The van der Waals surface area contributed by atoms with Gasteiger partial charge in [-0.2, -0.15) is 5.10 Å². The molecule has 0 amide bonds. The van der Waals surface area contributed by atoms with Gasteiger partial charge in [-0.25, -0.2) is 0 Å². The fourth-order valence-electron chi connectivity index (χ4n) is 1.43. The number of halogens is 2. The van der Waals surface area contributed by atoms with Crippen LogP contribution in [0.5, 0.6) is 0 Å². The molecular formula is C15H12Cl2N2. The van der Waals surface area contributed by atoms with E-state index in [1.165, 1.54) is 0 Å². The molecule has 0 saturated carbocycles. The lowest BCUT2D eigenvalue weighted by atomic mass is 10.2. The van der Waals surface area contributed by atoms with E-state index in [2.05, 4.69) is 10.5 Å². The Bertz CT molecular complexity index is 575. The zero-order valence-corrected chi connectivity index (χ0v) is 11.6. The van der Waals surface area contributed by atoms with Gasteiger partial charge in [-0.3, -0.25) is 5.43 Å². The molecule has 0 aliphatic heterocycles. The number of benzene rings is 2. The fourth-order valence-corrected chi connectivity index (χ4v) is 1.74. The first kappa shape index (κ1) is 13.7. The molecule has 0 unspecified atom stereocenters. The van der Waals surface area contributed by atoms with Crippen molar-refractivity contribution in [3.63, 3.8) is 0 Å². The van der Waals surface area contributed by atoms with Crippen LogP contribution in [-0.4, -0.2) is 6.21 Å². The predicted molar refractivity (Wildman–Crippen MR) is 83.8 cm³/mol. The number of hydrogen-bond donors (Lipinski definition) is 1. The third kappa shape index (κ3) is 4.43. The first-order chi connectivity index (χ1) is 9.25. The third-order valence-electron chi connectivity index (χ3n) is 2.38. The highest BCUT2D eigenvalue weighted by atomic mass is 35.5. The van der Waals surface area contributed by atoms with Crippen molar-refractivity contribution in [2.45, 2.75) is 0 Å². The van der Waals surface area contributed by atoms with Gasteiger partial charge in [0.15, 0.2) is 0 Å². The number of nitrogens with one attached hydrogen (secondary N) is 1. The largest absolute Gasteiger partial charge is 0.279 e. The maximum atomic E-state index is 6.14. The van der Waals surface area contributed by atoms with E-state index in [1.807, 2.05) is 42.5 Å². The van der Waals surface area contributed by atoms with E-state index in [0.717, 1.165) is 11.3 Å². The van der Waals surface area contributed by atoms with Crippen LogP contribution in [0, 0.1) is 0 Å². The predicted octanol–water partition coefficient (Wildman–Crippen LogP) is 5.02. The van der Waals surface area contributed by atoms with Gasteiger partial charge in [-0.15, -0.1) is 0 Å². The Morgan fingerprint density at radius 1 is 1.00 bits per heavy atom. The summed E-state index contributed by atoms with van der Waals surface area (Å²) in [5.41, 5.74) is 4.73. The minimum absolute atomic E-state index is 0.607. The number of anilines is 1. The lowest BCUT2D eigenvalue weighted by Gasteiger charge is -1.99. The van der Waals surface area contributed by atoms with Gasteiger partial charge < -0.3 is 0 Å². The Morgan fingerprint density at radius 2 is 1.68 bits per heavy atom. The van der Waals surface area contributed by atoms with Gasteiger partial charge in [-0.05, 0) is 35.9 Å². The molecule has 0 bridgehead atoms. The smallest absolute Gasteiger partial charge is 0.0561 e. The van der Waals surface area contributed by atoms with Gasteiger partial charge in [-0.1, -0.05) is 53.5 Å². The Labute approximate surface area is 122 Å². The van der Waals surface area contributed by atoms with Crippen LogP contribution in [0.3, 0.4) is 0 Å². The normalized spacial score (nSPS) is 11.8.